The van der Waals surface area contributed by atoms with Crippen LogP contribution in [0.2, 0.25) is 0 Å². The number of hydrogen-bond donors (Lipinski definition) is 0. The Bertz CT molecular complexity index is 1070. The molecule has 0 saturated carbocycles. The number of aryl methyl sites for hydroxylation is 1. The van der Waals surface area contributed by atoms with Gasteiger partial charge in [0.2, 0.25) is 0 Å². The van der Waals surface area contributed by atoms with Crippen LogP contribution in [0.4, 0.5) is 0 Å². The lowest BCUT2D eigenvalue weighted by Crippen LogP contribution is -2.25. The van der Waals surface area contributed by atoms with Gasteiger partial charge >= 0.3 is 0 Å². The smallest absolute Gasteiger partial charge is 0.254 e. The van der Waals surface area contributed by atoms with E-state index < -0.39 is 0 Å². The molecule has 4 rings (SSSR count). The highest BCUT2D eigenvalue weighted by atomic mass is 16.3. The molecule has 2 aromatic carbocycles. The minimum atomic E-state index is -0.0633. The maximum atomic E-state index is 12.6. The normalized spacial score (nSPS) is 13.1. The summed E-state index contributed by atoms with van der Waals surface area (Å²) in [4.78, 5) is 18.6. The Hall–Kier alpha value is -3.39. The fourth-order valence-corrected chi connectivity index (χ4v) is 3.26. The number of benzene rings is 2. The molecule has 0 fully saturated rings. The van der Waals surface area contributed by atoms with Crippen molar-refractivity contribution in [2.75, 3.05) is 6.54 Å². The average molecular weight is 329 g/mol. The van der Waals surface area contributed by atoms with E-state index in [0.717, 1.165) is 27.8 Å². The lowest BCUT2D eigenvalue weighted by Gasteiger charge is -2.14. The predicted octanol–water partition coefficient (Wildman–Crippen LogP) is 3.84. The fourth-order valence-electron chi connectivity index (χ4n) is 3.26. The lowest BCUT2D eigenvalue weighted by molar-refractivity contribution is 0.0794. The van der Waals surface area contributed by atoms with Gasteiger partial charge in [0.05, 0.1) is 12.6 Å². The minimum absolute atomic E-state index is 0.0633. The molecule has 0 N–H and O–H groups in total. The highest BCUT2D eigenvalue weighted by molar-refractivity contribution is 6.01. The molecule has 5 heteroatoms. The summed E-state index contributed by atoms with van der Waals surface area (Å²) in [7, 11) is 0. The number of carbonyl (C=O) groups is 1. The number of nitriles is 1. The second-order valence-electron chi connectivity index (χ2n) is 6.12. The molecular formula is C20H15N3O2. The Morgan fingerprint density at radius 3 is 2.96 bits per heavy atom. The summed E-state index contributed by atoms with van der Waals surface area (Å²) >= 11 is 0. The molecule has 0 saturated heterocycles. The number of oxazole rings is 1. The van der Waals surface area contributed by atoms with Crippen molar-refractivity contribution < 1.29 is 9.21 Å². The van der Waals surface area contributed by atoms with Crippen molar-refractivity contribution in [2.24, 2.45) is 0 Å². The third kappa shape index (κ3) is 2.48. The number of hydrogen-bond acceptors (Lipinski definition) is 4. The number of nitrogens with zero attached hydrogens (tertiary/aromatic N) is 3. The Kier molecular flexibility index (Phi) is 3.40. The molecular weight excluding hydrogens is 314 g/mol. The van der Waals surface area contributed by atoms with Crippen molar-refractivity contribution in [1.29, 1.82) is 5.26 Å². The highest BCUT2D eigenvalue weighted by Crippen LogP contribution is 2.34. The van der Waals surface area contributed by atoms with Gasteiger partial charge < -0.3 is 9.32 Å². The summed E-state index contributed by atoms with van der Waals surface area (Å²) in [5, 5.41) is 8.93. The van der Waals surface area contributed by atoms with Gasteiger partial charge in [0, 0.05) is 24.6 Å². The second kappa shape index (κ2) is 5.60. The summed E-state index contributed by atoms with van der Waals surface area (Å²) in [6.45, 7) is 6.22. The van der Waals surface area contributed by atoms with Gasteiger partial charge in [0.1, 0.15) is 5.52 Å². The van der Waals surface area contributed by atoms with E-state index in [1.807, 2.05) is 49.4 Å². The summed E-state index contributed by atoms with van der Waals surface area (Å²) in [6, 6.07) is 13.6. The molecule has 0 radical (unpaired) electrons. The van der Waals surface area contributed by atoms with Crippen molar-refractivity contribution in [1.82, 2.24) is 9.88 Å². The van der Waals surface area contributed by atoms with Crippen LogP contribution in [-0.2, 0) is 6.54 Å². The Balaban J connectivity index is 1.77. The molecule has 1 aromatic heterocycles. The van der Waals surface area contributed by atoms with E-state index >= 15 is 0 Å². The van der Waals surface area contributed by atoms with Crippen LogP contribution in [0.3, 0.4) is 0 Å². The van der Waals surface area contributed by atoms with E-state index in [-0.39, 0.29) is 12.5 Å². The van der Waals surface area contributed by atoms with Crippen LogP contribution in [0.25, 0.3) is 22.2 Å². The van der Waals surface area contributed by atoms with Crippen LogP contribution < -0.4 is 0 Å². The first-order valence-corrected chi connectivity index (χ1v) is 7.93. The van der Waals surface area contributed by atoms with Gasteiger partial charge in [-0.15, -0.1) is 0 Å². The molecule has 3 aromatic rings. The van der Waals surface area contributed by atoms with Gasteiger partial charge in [-0.05, 0) is 34.9 Å². The van der Waals surface area contributed by atoms with Gasteiger partial charge in [0.15, 0.2) is 11.5 Å². The topological polar surface area (TPSA) is 70.1 Å². The molecule has 25 heavy (non-hydrogen) atoms. The van der Waals surface area contributed by atoms with Gasteiger partial charge in [-0.1, -0.05) is 24.8 Å². The molecule has 1 aliphatic heterocycles. The molecule has 2 heterocycles. The first-order chi connectivity index (χ1) is 12.1. The monoisotopic (exact) mass is 329 g/mol. The summed E-state index contributed by atoms with van der Waals surface area (Å²) < 4.78 is 5.53. The fraction of sp³-hybridized carbons (Fsp3) is 0.150. The number of fused-ring (bicyclic) bond motifs is 2. The summed E-state index contributed by atoms with van der Waals surface area (Å²) in [5.74, 6) is 0.563. The molecule has 1 aliphatic rings. The van der Waals surface area contributed by atoms with Crippen molar-refractivity contribution in [3.63, 3.8) is 0 Å². The van der Waals surface area contributed by atoms with Crippen LogP contribution in [0.1, 0.15) is 21.8 Å². The van der Waals surface area contributed by atoms with Crippen molar-refractivity contribution in [3.8, 4) is 17.2 Å². The van der Waals surface area contributed by atoms with E-state index in [4.69, 9.17) is 9.68 Å². The van der Waals surface area contributed by atoms with E-state index in [2.05, 4.69) is 11.6 Å². The predicted molar refractivity (Wildman–Crippen MR) is 93.7 cm³/mol. The summed E-state index contributed by atoms with van der Waals surface area (Å²) in [5.41, 5.74) is 5.56. The quantitative estimate of drug-likeness (QED) is 0.685. The van der Waals surface area contributed by atoms with Crippen molar-refractivity contribution >= 4 is 17.0 Å². The molecule has 0 bridgehead atoms. The Morgan fingerprint density at radius 2 is 2.16 bits per heavy atom. The number of carbonyl (C=O) groups excluding carboxylic acids is 1. The van der Waals surface area contributed by atoms with Gasteiger partial charge in [0.25, 0.3) is 5.91 Å². The number of amides is 1. The third-order valence-electron chi connectivity index (χ3n) is 4.39. The zero-order valence-corrected chi connectivity index (χ0v) is 13.7. The first-order valence-electron chi connectivity index (χ1n) is 7.93. The Morgan fingerprint density at radius 1 is 1.36 bits per heavy atom. The maximum Gasteiger partial charge on any atom is 0.254 e. The van der Waals surface area contributed by atoms with E-state index in [0.29, 0.717) is 23.6 Å². The molecule has 0 atom stereocenters. The number of rotatable bonds is 3. The van der Waals surface area contributed by atoms with E-state index in [1.54, 1.807) is 4.90 Å². The van der Waals surface area contributed by atoms with Crippen LogP contribution in [-0.4, -0.2) is 22.3 Å². The van der Waals surface area contributed by atoms with Gasteiger partial charge in [-0.25, -0.2) is 4.98 Å². The van der Waals surface area contributed by atoms with Crippen LogP contribution in [0.15, 0.2) is 53.0 Å². The molecule has 5 nitrogen and oxygen atoms in total. The molecule has 122 valence electrons. The van der Waals surface area contributed by atoms with Crippen molar-refractivity contribution in [2.45, 2.75) is 13.5 Å². The maximum absolute atomic E-state index is 12.6. The van der Waals surface area contributed by atoms with Gasteiger partial charge in [-0.3, -0.25) is 4.79 Å². The zero-order chi connectivity index (χ0) is 17.6. The SMILES string of the molecule is C=C(C#N)CN1Cc2c(cccc2-c2ccc3oc(C)nc3c2)C1=O. The number of aromatic nitrogens is 1. The largest absolute Gasteiger partial charge is 0.441 e. The molecule has 0 spiro atoms. The van der Waals surface area contributed by atoms with Crippen LogP contribution in [0.5, 0.6) is 0 Å². The van der Waals surface area contributed by atoms with E-state index in [9.17, 15) is 4.79 Å². The lowest BCUT2D eigenvalue weighted by atomic mass is 9.97. The standard InChI is InChI=1S/C20H15N3O2/c1-12(9-21)10-23-11-17-15(4-3-5-16(17)20(23)24)14-6-7-19-18(8-14)22-13(2)25-19/h3-8H,1,10-11H2,2H3. The molecule has 1 amide bonds. The third-order valence-corrected chi connectivity index (χ3v) is 4.39. The Labute approximate surface area is 144 Å². The van der Waals surface area contributed by atoms with E-state index in [1.165, 1.54) is 0 Å². The highest BCUT2D eigenvalue weighted by Gasteiger charge is 2.29. The second-order valence-corrected chi connectivity index (χ2v) is 6.12. The van der Waals surface area contributed by atoms with Crippen LogP contribution >= 0.6 is 0 Å². The zero-order valence-electron chi connectivity index (χ0n) is 13.7. The van der Waals surface area contributed by atoms with Gasteiger partial charge in [-0.2, -0.15) is 5.26 Å². The summed E-state index contributed by atoms with van der Waals surface area (Å²) in [6.07, 6.45) is 0. The molecule has 0 unspecified atom stereocenters. The van der Waals surface area contributed by atoms with Crippen LogP contribution in [0, 0.1) is 18.3 Å². The molecule has 0 aliphatic carbocycles. The van der Waals surface area contributed by atoms with Crippen molar-refractivity contribution in [3.05, 3.63) is 65.6 Å². The first kappa shape index (κ1) is 15.2. The minimum Gasteiger partial charge on any atom is -0.441 e. The average Bonchev–Trinajstić information content (AvgIpc) is 3.13.